The molecule has 138 valence electrons. The molecule has 2 aromatic heterocycles. The third-order valence-corrected chi connectivity index (χ3v) is 4.67. The van der Waals surface area contributed by atoms with Crippen molar-refractivity contribution in [1.29, 1.82) is 0 Å². The molecule has 0 saturated carbocycles. The minimum atomic E-state index is -0.282. The number of fused-ring (bicyclic) bond motifs is 1. The summed E-state index contributed by atoms with van der Waals surface area (Å²) in [4.78, 5) is 24.0. The van der Waals surface area contributed by atoms with Crippen molar-refractivity contribution in [2.75, 3.05) is 0 Å². The fraction of sp³-hybridized carbons (Fsp3) is 0.0870. The van der Waals surface area contributed by atoms with Gasteiger partial charge in [0.1, 0.15) is 17.8 Å². The first kappa shape index (κ1) is 17.8. The van der Waals surface area contributed by atoms with Gasteiger partial charge in [-0.3, -0.25) is 4.79 Å². The number of ketones is 1. The maximum Gasteiger partial charge on any atom is 0.162 e. The summed E-state index contributed by atoms with van der Waals surface area (Å²) < 4.78 is 13.3. The van der Waals surface area contributed by atoms with E-state index >= 15 is 0 Å². The molecule has 0 radical (unpaired) electrons. The maximum absolute atomic E-state index is 13.3. The molecule has 0 atom stereocenters. The summed E-state index contributed by atoms with van der Waals surface area (Å²) in [7, 11) is 0. The minimum absolute atomic E-state index is 0.0126. The van der Waals surface area contributed by atoms with E-state index in [1.54, 1.807) is 19.1 Å². The average molecular weight is 371 g/mol. The van der Waals surface area contributed by atoms with Gasteiger partial charge in [0.25, 0.3) is 0 Å². The molecule has 2 aromatic carbocycles. The fourth-order valence-electron chi connectivity index (χ4n) is 3.20. The first-order valence-corrected chi connectivity index (χ1v) is 8.89. The Kier molecular flexibility index (Phi) is 4.57. The van der Waals surface area contributed by atoms with E-state index in [0.29, 0.717) is 17.6 Å². The smallest absolute Gasteiger partial charge is 0.162 e. The molecule has 4 nitrogen and oxygen atoms in total. The predicted octanol–water partition coefficient (Wildman–Crippen LogP) is 5.12. The van der Waals surface area contributed by atoms with Gasteiger partial charge in [-0.15, -0.1) is 0 Å². The van der Waals surface area contributed by atoms with Crippen LogP contribution in [0.4, 0.5) is 4.39 Å². The van der Waals surface area contributed by atoms with Gasteiger partial charge in [0.05, 0.1) is 11.1 Å². The van der Waals surface area contributed by atoms with Crippen LogP contribution in [0.15, 0.2) is 73.2 Å². The van der Waals surface area contributed by atoms with Crippen molar-refractivity contribution in [2.45, 2.75) is 13.3 Å². The Labute approximate surface area is 161 Å². The van der Waals surface area contributed by atoms with E-state index in [1.165, 1.54) is 18.5 Å². The SMILES string of the molecule is C=C(C)C(=O)Cc1cccc(-c2ncnc3[nH]cc(-c4ccc(F)cc4)c23)c1. The van der Waals surface area contributed by atoms with Crippen molar-refractivity contribution in [2.24, 2.45) is 0 Å². The van der Waals surface area contributed by atoms with Crippen LogP contribution < -0.4 is 0 Å². The minimum Gasteiger partial charge on any atom is -0.345 e. The highest BCUT2D eigenvalue weighted by Crippen LogP contribution is 2.34. The standard InChI is InChI=1S/C23H18FN3O/c1-14(2)20(28)11-15-4-3-5-17(10-15)22-21-19(12-25-23(21)27-13-26-22)16-6-8-18(24)9-7-16/h3-10,12-13H,1,11H2,2H3,(H,25,26,27). The van der Waals surface area contributed by atoms with Crippen molar-refractivity contribution in [3.8, 4) is 22.4 Å². The Bertz CT molecular complexity index is 1190. The van der Waals surface area contributed by atoms with Crippen molar-refractivity contribution in [3.63, 3.8) is 0 Å². The Morgan fingerprint density at radius 1 is 1.11 bits per heavy atom. The summed E-state index contributed by atoms with van der Waals surface area (Å²) >= 11 is 0. The molecule has 0 saturated heterocycles. The summed E-state index contributed by atoms with van der Waals surface area (Å²) in [5.74, 6) is -0.270. The van der Waals surface area contributed by atoms with E-state index in [4.69, 9.17) is 0 Å². The highest BCUT2D eigenvalue weighted by molar-refractivity contribution is 6.02. The number of benzene rings is 2. The van der Waals surface area contributed by atoms with Gasteiger partial charge in [-0.1, -0.05) is 36.9 Å². The lowest BCUT2D eigenvalue weighted by atomic mass is 9.98. The highest BCUT2D eigenvalue weighted by Gasteiger charge is 2.15. The number of rotatable bonds is 5. The van der Waals surface area contributed by atoms with Gasteiger partial charge in [-0.2, -0.15) is 0 Å². The van der Waals surface area contributed by atoms with E-state index in [2.05, 4.69) is 21.5 Å². The quantitative estimate of drug-likeness (QED) is 0.496. The fourth-order valence-corrected chi connectivity index (χ4v) is 3.20. The van der Waals surface area contributed by atoms with Crippen LogP contribution in [0.3, 0.4) is 0 Å². The molecular formula is C23H18FN3O. The van der Waals surface area contributed by atoms with Gasteiger partial charge in [-0.05, 0) is 41.8 Å². The number of nitrogens with one attached hydrogen (secondary N) is 1. The number of Topliss-reactive ketones (excluding diaryl/α,β-unsaturated/α-hetero) is 1. The molecule has 4 aromatic rings. The molecular weight excluding hydrogens is 353 g/mol. The normalized spacial score (nSPS) is 10.9. The largest absolute Gasteiger partial charge is 0.345 e. The number of hydrogen-bond donors (Lipinski definition) is 1. The maximum atomic E-state index is 13.3. The van der Waals surface area contributed by atoms with E-state index in [-0.39, 0.29) is 11.6 Å². The summed E-state index contributed by atoms with van der Waals surface area (Å²) in [5.41, 5.74) is 5.56. The topological polar surface area (TPSA) is 58.6 Å². The molecule has 0 aliphatic rings. The van der Waals surface area contributed by atoms with Crippen LogP contribution in [-0.4, -0.2) is 20.7 Å². The van der Waals surface area contributed by atoms with Crippen LogP contribution in [-0.2, 0) is 11.2 Å². The number of carbonyl (C=O) groups is 1. The molecule has 2 heterocycles. The van der Waals surface area contributed by atoms with Crippen molar-refractivity contribution < 1.29 is 9.18 Å². The van der Waals surface area contributed by atoms with Crippen molar-refractivity contribution in [1.82, 2.24) is 15.0 Å². The van der Waals surface area contributed by atoms with Gasteiger partial charge in [0.15, 0.2) is 5.78 Å². The Morgan fingerprint density at radius 3 is 2.64 bits per heavy atom. The van der Waals surface area contributed by atoms with Crippen molar-refractivity contribution in [3.05, 3.63) is 84.6 Å². The van der Waals surface area contributed by atoms with E-state index in [0.717, 1.165) is 33.3 Å². The summed E-state index contributed by atoms with van der Waals surface area (Å²) in [6, 6.07) is 14.1. The number of halogens is 1. The third kappa shape index (κ3) is 3.34. The number of H-pyrrole nitrogens is 1. The second-order valence-electron chi connectivity index (χ2n) is 6.74. The second kappa shape index (κ2) is 7.19. The number of nitrogens with zero attached hydrogens (tertiary/aromatic N) is 2. The zero-order valence-electron chi connectivity index (χ0n) is 15.4. The lowest BCUT2D eigenvalue weighted by Crippen LogP contribution is -2.03. The molecule has 0 spiro atoms. The molecule has 1 N–H and O–H groups in total. The predicted molar refractivity (Wildman–Crippen MR) is 108 cm³/mol. The van der Waals surface area contributed by atoms with Gasteiger partial charge < -0.3 is 4.98 Å². The number of aromatic nitrogens is 3. The van der Waals surface area contributed by atoms with Gasteiger partial charge >= 0.3 is 0 Å². The number of carbonyl (C=O) groups excluding carboxylic acids is 1. The van der Waals surface area contributed by atoms with E-state index in [9.17, 15) is 9.18 Å². The summed E-state index contributed by atoms with van der Waals surface area (Å²) in [6.07, 6.45) is 3.66. The Morgan fingerprint density at radius 2 is 1.89 bits per heavy atom. The molecule has 0 fully saturated rings. The van der Waals surface area contributed by atoms with Crippen LogP contribution in [0.5, 0.6) is 0 Å². The average Bonchev–Trinajstić information content (AvgIpc) is 3.13. The Hall–Kier alpha value is -3.60. The van der Waals surface area contributed by atoms with Crippen LogP contribution in [0.25, 0.3) is 33.4 Å². The van der Waals surface area contributed by atoms with E-state index in [1.807, 2.05) is 30.5 Å². The van der Waals surface area contributed by atoms with Crippen LogP contribution in [0, 0.1) is 5.82 Å². The first-order chi connectivity index (χ1) is 13.5. The number of aromatic amines is 1. The van der Waals surface area contributed by atoms with Gasteiger partial charge in [0.2, 0.25) is 0 Å². The zero-order valence-corrected chi connectivity index (χ0v) is 15.4. The molecule has 28 heavy (non-hydrogen) atoms. The molecule has 0 aliphatic carbocycles. The number of allylic oxidation sites excluding steroid dienone is 1. The number of hydrogen-bond acceptors (Lipinski definition) is 3. The molecule has 0 aliphatic heterocycles. The molecule has 5 heteroatoms. The monoisotopic (exact) mass is 371 g/mol. The van der Waals surface area contributed by atoms with Crippen molar-refractivity contribution >= 4 is 16.8 Å². The molecule has 4 rings (SSSR count). The summed E-state index contributed by atoms with van der Waals surface area (Å²) in [6.45, 7) is 5.43. The third-order valence-electron chi connectivity index (χ3n) is 4.67. The zero-order chi connectivity index (χ0) is 19.7. The highest BCUT2D eigenvalue weighted by atomic mass is 19.1. The molecule has 0 unspecified atom stereocenters. The first-order valence-electron chi connectivity index (χ1n) is 8.89. The van der Waals surface area contributed by atoms with Crippen LogP contribution in [0.1, 0.15) is 12.5 Å². The van der Waals surface area contributed by atoms with E-state index < -0.39 is 0 Å². The second-order valence-corrected chi connectivity index (χ2v) is 6.74. The molecule has 0 amide bonds. The van der Waals surface area contributed by atoms with Crippen LogP contribution in [0.2, 0.25) is 0 Å². The van der Waals surface area contributed by atoms with Crippen LogP contribution >= 0.6 is 0 Å². The molecule has 0 bridgehead atoms. The lowest BCUT2D eigenvalue weighted by molar-refractivity contribution is -0.114. The Balaban J connectivity index is 1.83. The lowest BCUT2D eigenvalue weighted by Gasteiger charge is -2.08. The van der Waals surface area contributed by atoms with Gasteiger partial charge in [-0.25, -0.2) is 14.4 Å². The van der Waals surface area contributed by atoms with Gasteiger partial charge in [0, 0.05) is 23.7 Å². The summed E-state index contributed by atoms with van der Waals surface area (Å²) in [5, 5.41) is 0.859.